The predicted octanol–water partition coefficient (Wildman–Crippen LogP) is 12.3. The fourth-order valence-electron chi connectivity index (χ4n) is 6.62. The van der Waals surface area contributed by atoms with E-state index in [1.165, 1.54) is 77.2 Å². The lowest BCUT2D eigenvalue weighted by Crippen LogP contribution is -1.93. The highest BCUT2D eigenvalue weighted by Crippen LogP contribution is 2.47. The van der Waals surface area contributed by atoms with E-state index < -0.39 is 0 Å². The number of hydrogen-bond donors (Lipinski definition) is 0. The zero-order valence-corrected chi connectivity index (χ0v) is 24.3. The van der Waals surface area contributed by atoms with Gasteiger partial charge in [-0.1, -0.05) is 176 Å². The molecule has 8 rings (SSSR count). The van der Waals surface area contributed by atoms with Gasteiger partial charge in [0, 0.05) is 0 Å². The Balaban J connectivity index is 1.41. The lowest BCUT2D eigenvalue weighted by atomic mass is 9.83. The molecule has 8 aromatic carbocycles. The van der Waals surface area contributed by atoms with E-state index in [4.69, 9.17) is 0 Å². The van der Waals surface area contributed by atoms with Gasteiger partial charge >= 0.3 is 0 Å². The van der Waals surface area contributed by atoms with Crippen molar-refractivity contribution in [2.75, 3.05) is 0 Å². The molecule has 0 heterocycles. The van der Waals surface area contributed by atoms with E-state index in [1.807, 2.05) is 0 Å². The molecule has 0 radical (unpaired) electrons. The molecule has 0 spiro atoms. The van der Waals surface area contributed by atoms with Crippen LogP contribution < -0.4 is 0 Å². The predicted molar refractivity (Wildman–Crippen MR) is 189 cm³/mol. The zero-order chi connectivity index (χ0) is 29.3. The Morgan fingerprint density at radius 1 is 0.205 bits per heavy atom. The highest BCUT2D eigenvalue weighted by Gasteiger charge is 2.19. The van der Waals surface area contributed by atoms with Gasteiger partial charge in [-0.25, -0.2) is 0 Å². The summed E-state index contributed by atoms with van der Waals surface area (Å²) < 4.78 is 0. The van der Waals surface area contributed by atoms with Crippen LogP contribution in [0.15, 0.2) is 182 Å². The maximum absolute atomic E-state index is 2.40. The minimum Gasteiger partial charge on any atom is -0.0622 e. The average Bonchev–Trinajstić information content (AvgIpc) is 3.11. The first-order chi connectivity index (χ1) is 21.8. The fourth-order valence-corrected chi connectivity index (χ4v) is 6.62. The highest BCUT2D eigenvalue weighted by atomic mass is 14.2. The van der Waals surface area contributed by atoms with Gasteiger partial charge in [-0.15, -0.1) is 0 Å². The van der Waals surface area contributed by atoms with Crippen molar-refractivity contribution in [3.63, 3.8) is 0 Å². The second-order valence-electron chi connectivity index (χ2n) is 11.3. The van der Waals surface area contributed by atoms with Gasteiger partial charge in [-0.05, 0) is 83.2 Å². The van der Waals surface area contributed by atoms with E-state index in [1.54, 1.807) is 0 Å². The van der Waals surface area contributed by atoms with Gasteiger partial charge in [-0.2, -0.15) is 0 Å². The van der Waals surface area contributed by atoms with Gasteiger partial charge in [0.1, 0.15) is 0 Å². The first kappa shape index (κ1) is 25.9. The van der Waals surface area contributed by atoms with Crippen molar-refractivity contribution >= 4 is 21.5 Å². The fraction of sp³-hybridized carbons (Fsp3) is 0. The molecular formula is C44H30. The maximum Gasteiger partial charge on any atom is -0.00199 e. The van der Waals surface area contributed by atoms with Crippen molar-refractivity contribution in [1.29, 1.82) is 0 Å². The molecule has 0 unspecified atom stereocenters. The second kappa shape index (κ2) is 11.2. The third-order valence-electron chi connectivity index (χ3n) is 8.69. The molecule has 44 heavy (non-hydrogen) atoms. The van der Waals surface area contributed by atoms with Gasteiger partial charge in [0.2, 0.25) is 0 Å². The summed E-state index contributed by atoms with van der Waals surface area (Å²) in [7, 11) is 0. The van der Waals surface area contributed by atoms with E-state index in [9.17, 15) is 0 Å². The van der Waals surface area contributed by atoms with Crippen molar-refractivity contribution in [1.82, 2.24) is 0 Å². The summed E-state index contributed by atoms with van der Waals surface area (Å²) in [5, 5.41) is 5.06. The van der Waals surface area contributed by atoms with Crippen LogP contribution in [0.2, 0.25) is 0 Å². The Morgan fingerprint density at radius 2 is 0.568 bits per heavy atom. The Kier molecular flexibility index (Phi) is 6.59. The largest absolute Gasteiger partial charge is 0.0622 e. The minimum absolute atomic E-state index is 1.21. The molecule has 0 aliphatic rings. The lowest BCUT2D eigenvalue weighted by molar-refractivity contribution is 1.57. The van der Waals surface area contributed by atoms with Crippen LogP contribution in [0.1, 0.15) is 0 Å². The molecule has 206 valence electrons. The minimum atomic E-state index is 1.21. The molecule has 0 aliphatic heterocycles. The van der Waals surface area contributed by atoms with E-state index in [-0.39, 0.29) is 0 Å². The number of hydrogen-bond acceptors (Lipinski definition) is 0. The Morgan fingerprint density at radius 3 is 1.09 bits per heavy atom. The highest BCUT2D eigenvalue weighted by molar-refractivity contribution is 6.22. The molecule has 0 aliphatic carbocycles. The smallest absolute Gasteiger partial charge is 0.00199 e. The van der Waals surface area contributed by atoms with Gasteiger partial charge in [0.25, 0.3) is 0 Å². The lowest BCUT2D eigenvalue weighted by Gasteiger charge is -2.20. The first-order valence-corrected chi connectivity index (χ1v) is 15.2. The molecule has 0 saturated carbocycles. The van der Waals surface area contributed by atoms with Crippen molar-refractivity contribution in [3.05, 3.63) is 182 Å². The molecule has 0 heteroatoms. The normalized spacial score (nSPS) is 11.2. The Labute approximate surface area is 258 Å². The van der Waals surface area contributed by atoms with Crippen molar-refractivity contribution in [2.24, 2.45) is 0 Å². The summed E-state index contributed by atoms with van der Waals surface area (Å²) in [5.74, 6) is 0. The van der Waals surface area contributed by atoms with Gasteiger partial charge in [-0.3, -0.25) is 0 Å². The second-order valence-corrected chi connectivity index (χ2v) is 11.3. The van der Waals surface area contributed by atoms with Gasteiger partial charge in [0.05, 0.1) is 0 Å². The van der Waals surface area contributed by atoms with Crippen LogP contribution >= 0.6 is 0 Å². The summed E-state index contributed by atoms with van der Waals surface area (Å²) in [6.07, 6.45) is 0. The molecule has 0 fully saturated rings. The van der Waals surface area contributed by atoms with Gasteiger partial charge in [0.15, 0.2) is 0 Å². The van der Waals surface area contributed by atoms with E-state index in [0.29, 0.717) is 0 Å². The summed E-state index contributed by atoms with van der Waals surface area (Å²) in [6, 6.07) is 65.9. The molecule has 0 saturated heterocycles. The monoisotopic (exact) mass is 558 g/mol. The van der Waals surface area contributed by atoms with E-state index >= 15 is 0 Å². The molecule has 0 N–H and O–H groups in total. The Bertz CT molecular complexity index is 2170. The molecule has 0 nitrogen and oxygen atoms in total. The third-order valence-corrected chi connectivity index (χ3v) is 8.69. The van der Waals surface area contributed by atoms with Gasteiger partial charge < -0.3 is 0 Å². The SMILES string of the molecule is c1ccc(-c2ccc(-c3ccc(-c4ccccc4)c(-c4c5ccccc5c(-c5ccccc5)c5ccccc45)c3)cc2)cc1. The first-order valence-electron chi connectivity index (χ1n) is 15.2. The van der Waals surface area contributed by atoms with Crippen LogP contribution in [0, 0.1) is 0 Å². The van der Waals surface area contributed by atoms with E-state index in [0.717, 1.165) is 0 Å². The van der Waals surface area contributed by atoms with Crippen molar-refractivity contribution in [2.45, 2.75) is 0 Å². The Hall–Kier alpha value is -5.72. The number of benzene rings is 8. The molecular weight excluding hydrogens is 528 g/mol. The van der Waals surface area contributed by atoms with Crippen LogP contribution in [0.4, 0.5) is 0 Å². The summed E-state index contributed by atoms with van der Waals surface area (Å²) >= 11 is 0. The molecule has 8 aromatic rings. The van der Waals surface area contributed by atoms with E-state index in [2.05, 4.69) is 182 Å². The van der Waals surface area contributed by atoms with Crippen LogP contribution in [-0.2, 0) is 0 Å². The molecule has 0 atom stereocenters. The number of fused-ring (bicyclic) bond motifs is 2. The van der Waals surface area contributed by atoms with Crippen LogP contribution in [0.5, 0.6) is 0 Å². The molecule has 0 bridgehead atoms. The van der Waals surface area contributed by atoms with Crippen LogP contribution in [-0.4, -0.2) is 0 Å². The zero-order valence-electron chi connectivity index (χ0n) is 24.3. The topological polar surface area (TPSA) is 0 Å². The quantitative estimate of drug-likeness (QED) is 0.184. The summed E-state index contributed by atoms with van der Waals surface area (Å²) in [4.78, 5) is 0. The van der Waals surface area contributed by atoms with Crippen LogP contribution in [0.3, 0.4) is 0 Å². The summed E-state index contributed by atoms with van der Waals surface area (Å²) in [5.41, 5.74) is 12.4. The average molecular weight is 559 g/mol. The van der Waals surface area contributed by atoms with Crippen molar-refractivity contribution in [3.8, 4) is 55.6 Å². The molecule has 0 amide bonds. The summed E-state index contributed by atoms with van der Waals surface area (Å²) in [6.45, 7) is 0. The number of rotatable bonds is 5. The maximum atomic E-state index is 2.40. The molecule has 0 aromatic heterocycles. The third kappa shape index (κ3) is 4.58. The standard InChI is InChI=1S/C44H30/c1-4-14-31(15-5-1)32-24-26-33(27-25-32)36-28-29-37(34-16-6-2-7-17-34)42(30-36)44-40-22-12-10-20-38(40)43(35-18-8-3-9-19-35)39-21-11-13-23-41(39)44/h1-30H. The van der Waals surface area contributed by atoms with Crippen molar-refractivity contribution < 1.29 is 0 Å². The van der Waals surface area contributed by atoms with Crippen LogP contribution in [0.25, 0.3) is 77.2 Å².